The molecule has 0 aromatic heterocycles. The van der Waals surface area contributed by atoms with Crippen LogP contribution in [0.3, 0.4) is 0 Å². The van der Waals surface area contributed by atoms with Crippen molar-refractivity contribution in [3.8, 4) is 0 Å². The van der Waals surface area contributed by atoms with Crippen LogP contribution in [0.5, 0.6) is 0 Å². The highest BCUT2D eigenvalue weighted by Gasteiger charge is 2.51. The fourth-order valence-corrected chi connectivity index (χ4v) is 5.46. The minimum Gasteiger partial charge on any atom is -0.316 e. The first-order chi connectivity index (χ1) is 16.0. The van der Waals surface area contributed by atoms with Crippen LogP contribution in [0.2, 0.25) is 0 Å². The molecule has 1 heterocycles. The summed E-state index contributed by atoms with van der Waals surface area (Å²) in [5.41, 5.74) is 3.69. The van der Waals surface area contributed by atoms with Crippen molar-refractivity contribution in [3.05, 3.63) is 94.8 Å². The molecule has 0 spiro atoms. The fourth-order valence-electron chi connectivity index (χ4n) is 5.46. The van der Waals surface area contributed by atoms with Gasteiger partial charge in [0.2, 0.25) is 17.3 Å². The lowest BCUT2D eigenvalue weighted by molar-refractivity contribution is -0.869. The smallest absolute Gasteiger partial charge is 0.249 e. The summed E-state index contributed by atoms with van der Waals surface area (Å²) in [6.45, 7) is 4.45. The van der Waals surface area contributed by atoms with Crippen LogP contribution in [-0.4, -0.2) is 47.8 Å². The van der Waals surface area contributed by atoms with Crippen molar-refractivity contribution in [2.45, 2.75) is 32.6 Å². The third-order valence-electron chi connectivity index (χ3n) is 7.20. The average Bonchev–Trinajstić information content (AvgIpc) is 3.14. The molecule has 5 rings (SSSR count). The maximum absolute atomic E-state index is 13.7. The molecule has 0 amide bonds. The summed E-state index contributed by atoms with van der Waals surface area (Å²) in [5, 5.41) is 2.49. The molecule has 1 aliphatic heterocycles. The number of rotatable bonds is 7. The summed E-state index contributed by atoms with van der Waals surface area (Å²) < 4.78 is 0.476. The van der Waals surface area contributed by atoms with E-state index in [1.54, 1.807) is 12.1 Å². The van der Waals surface area contributed by atoms with Crippen LogP contribution in [-0.2, 0) is 6.42 Å². The van der Waals surface area contributed by atoms with E-state index in [-0.39, 0.29) is 11.6 Å². The second-order valence-electron chi connectivity index (χ2n) is 9.52. The summed E-state index contributed by atoms with van der Waals surface area (Å²) in [6.07, 6.45) is 4.13. The molecule has 168 valence electrons. The molecule has 3 aromatic rings. The van der Waals surface area contributed by atoms with Crippen molar-refractivity contribution >= 4 is 22.3 Å². The van der Waals surface area contributed by atoms with Gasteiger partial charge in [0.1, 0.15) is 0 Å². The van der Waals surface area contributed by atoms with E-state index in [0.717, 1.165) is 38.8 Å². The first-order valence-electron chi connectivity index (χ1n) is 12.0. The Kier molecular flexibility index (Phi) is 5.63. The summed E-state index contributed by atoms with van der Waals surface area (Å²) in [4.78, 5) is 29.5. The zero-order valence-electron chi connectivity index (χ0n) is 19.5. The summed E-state index contributed by atoms with van der Waals surface area (Å²) >= 11 is 0. The van der Waals surface area contributed by atoms with E-state index in [4.69, 9.17) is 0 Å². The van der Waals surface area contributed by atoms with Gasteiger partial charge in [-0.1, -0.05) is 86.5 Å². The average molecular weight is 440 g/mol. The highest BCUT2D eigenvalue weighted by molar-refractivity contribution is 6.26. The van der Waals surface area contributed by atoms with Gasteiger partial charge in [-0.15, -0.1) is 0 Å². The molecule has 1 aliphatic carbocycles. The van der Waals surface area contributed by atoms with E-state index >= 15 is 0 Å². The Bertz CT molecular complexity index is 1270. The Morgan fingerprint density at radius 1 is 0.848 bits per heavy atom. The highest BCUT2D eigenvalue weighted by atomic mass is 16.1. The number of unbranched alkanes of at least 4 members (excludes halogenated alkanes) is 2. The molecule has 4 heteroatoms. The van der Waals surface area contributed by atoms with Crippen LogP contribution in [0.1, 0.15) is 52.5 Å². The standard InChI is InChI=1S/C29H31N2O2/c1-3-4-9-18-30-20-31(2,19-17-22-13-10-12-21-11-5-6-14-23(21)22)27-26(30)28(32)24-15-7-8-16-25(24)29(27)33/h5-8,10-16H,3-4,9,17-20H2,1-2H3/q+1. The highest BCUT2D eigenvalue weighted by Crippen LogP contribution is 2.39. The Morgan fingerprint density at radius 3 is 2.33 bits per heavy atom. The molecule has 4 nitrogen and oxygen atoms in total. The van der Waals surface area contributed by atoms with Gasteiger partial charge in [0, 0.05) is 24.1 Å². The van der Waals surface area contributed by atoms with Crippen LogP contribution >= 0.6 is 0 Å². The minimum atomic E-state index is 0.00343. The van der Waals surface area contributed by atoms with E-state index in [1.807, 2.05) is 12.1 Å². The SMILES string of the molecule is CCCCCN1C[N+](C)(CCc2cccc3ccccc23)C2=C1C(=O)c1ccccc1C2=O. The molecule has 0 saturated carbocycles. The number of fused-ring (bicyclic) bond motifs is 2. The predicted molar refractivity (Wildman–Crippen MR) is 132 cm³/mol. The molecule has 0 fully saturated rings. The van der Waals surface area contributed by atoms with Gasteiger partial charge in [-0.2, -0.15) is 0 Å². The van der Waals surface area contributed by atoms with Crippen molar-refractivity contribution in [1.29, 1.82) is 0 Å². The summed E-state index contributed by atoms with van der Waals surface area (Å²) in [6, 6.07) is 22.2. The number of hydrogen-bond donors (Lipinski definition) is 0. The molecule has 1 atom stereocenters. The van der Waals surface area contributed by atoms with E-state index < -0.39 is 0 Å². The molecular formula is C29H31N2O2+. The van der Waals surface area contributed by atoms with Gasteiger partial charge in [-0.3, -0.25) is 14.1 Å². The maximum Gasteiger partial charge on any atom is 0.249 e. The van der Waals surface area contributed by atoms with Gasteiger partial charge >= 0.3 is 0 Å². The molecule has 33 heavy (non-hydrogen) atoms. The van der Waals surface area contributed by atoms with E-state index in [2.05, 4.69) is 61.3 Å². The first kappa shape index (κ1) is 21.6. The monoisotopic (exact) mass is 439 g/mol. The first-order valence-corrected chi connectivity index (χ1v) is 12.0. The molecule has 0 saturated heterocycles. The fraction of sp³-hybridized carbons (Fsp3) is 0.310. The normalized spacial score (nSPS) is 19.9. The molecular weight excluding hydrogens is 408 g/mol. The maximum atomic E-state index is 13.7. The van der Waals surface area contributed by atoms with Crippen LogP contribution in [0.4, 0.5) is 0 Å². The van der Waals surface area contributed by atoms with Crippen molar-refractivity contribution in [1.82, 2.24) is 4.90 Å². The Morgan fingerprint density at radius 2 is 1.55 bits per heavy atom. The predicted octanol–water partition coefficient (Wildman–Crippen LogP) is 5.58. The largest absolute Gasteiger partial charge is 0.316 e. The van der Waals surface area contributed by atoms with Crippen molar-refractivity contribution in [2.24, 2.45) is 0 Å². The van der Waals surface area contributed by atoms with Crippen LogP contribution < -0.4 is 0 Å². The van der Waals surface area contributed by atoms with Crippen molar-refractivity contribution in [3.63, 3.8) is 0 Å². The zero-order chi connectivity index (χ0) is 23.0. The van der Waals surface area contributed by atoms with Gasteiger partial charge in [-0.25, -0.2) is 0 Å². The number of hydrogen-bond acceptors (Lipinski definition) is 3. The van der Waals surface area contributed by atoms with E-state index in [0.29, 0.717) is 33.7 Å². The number of carbonyl (C=O) groups is 2. The Labute approximate surface area is 195 Å². The zero-order valence-corrected chi connectivity index (χ0v) is 19.5. The van der Waals surface area contributed by atoms with Crippen LogP contribution in [0.15, 0.2) is 78.1 Å². The Hall–Kier alpha value is -3.24. The Balaban J connectivity index is 1.51. The quantitative estimate of drug-likeness (QED) is 0.356. The molecule has 0 N–H and O–H groups in total. The van der Waals surface area contributed by atoms with Crippen LogP contribution in [0.25, 0.3) is 10.8 Å². The lowest BCUT2D eigenvalue weighted by Gasteiger charge is -2.32. The number of nitrogens with zero attached hydrogens (tertiary/aromatic N) is 2. The van der Waals surface area contributed by atoms with Crippen LogP contribution in [0, 0.1) is 0 Å². The van der Waals surface area contributed by atoms with Gasteiger partial charge in [0.05, 0.1) is 13.6 Å². The van der Waals surface area contributed by atoms with Crippen molar-refractivity contribution in [2.75, 3.05) is 26.8 Å². The number of carbonyl (C=O) groups excluding carboxylic acids is 2. The molecule has 0 radical (unpaired) electrons. The van der Waals surface area contributed by atoms with Crippen molar-refractivity contribution < 1.29 is 14.1 Å². The van der Waals surface area contributed by atoms with Gasteiger partial charge in [0.15, 0.2) is 12.4 Å². The number of benzene rings is 3. The summed E-state index contributed by atoms with van der Waals surface area (Å²) in [7, 11) is 2.12. The second-order valence-corrected chi connectivity index (χ2v) is 9.52. The number of Topliss-reactive ketones (excluding diaryl/α,β-unsaturated/α-hetero) is 2. The number of likely N-dealkylation sites (N-methyl/N-ethyl adjacent to an activating group) is 1. The van der Waals surface area contributed by atoms with E-state index in [1.165, 1.54) is 16.3 Å². The molecule has 1 unspecified atom stereocenters. The van der Waals surface area contributed by atoms with Gasteiger partial charge in [-0.05, 0) is 22.8 Å². The minimum absolute atomic E-state index is 0.00343. The number of allylic oxidation sites excluding steroid dienone is 2. The lowest BCUT2D eigenvalue weighted by Crippen LogP contribution is -2.47. The molecule has 0 bridgehead atoms. The summed E-state index contributed by atoms with van der Waals surface area (Å²) in [5.74, 6) is 0.0160. The third kappa shape index (κ3) is 3.68. The molecule has 2 aliphatic rings. The second kappa shape index (κ2) is 8.60. The lowest BCUT2D eigenvalue weighted by atomic mass is 9.89. The van der Waals surface area contributed by atoms with E-state index in [9.17, 15) is 9.59 Å². The third-order valence-corrected chi connectivity index (χ3v) is 7.20. The van der Waals surface area contributed by atoms with Gasteiger partial charge < -0.3 is 4.90 Å². The van der Waals surface area contributed by atoms with Gasteiger partial charge in [0.25, 0.3) is 0 Å². The molecule has 3 aromatic carbocycles. The number of quaternary nitrogens is 1. The number of ketones is 2. The topological polar surface area (TPSA) is 37.4 Å².